The Hall–Kier alpha value is -6.46. The number of amides is 3. The second kappa shape index (κ2) is 16.3. The molecule has 2 fully saturated rings. The summed E-state index contributed by atoms with van der Waals surface area (Å²) < 4.78 is 70.4. The molecule has 1 aromatic heterocycles. The van der Waals surface area contributed by atoms with Crippen molar-refractivity contribution >= 4 is 52.3 Å². The molecule has 4 aromatic rings. The third kappa shape index (κ3) is 7.97. The number of rotatable bonds is 11. The van der Waals surface area contributed by atoms with Crippen molar-refractivity contribution in [3.05, 3.63) is 83.2 Å². The number of nitrogens with two attached hydrogens (primary N) is 1. The first-order valence-electron chi connectivity index (χ1n) is 18.4. The van der Waals surface area contributed by atoms with E-state index < -0.39 is 40.9 Å². The smallest absolute Gasteiger partial charge is 0.249 e. The molecule has 4 heterocycles. The van der Waals surface area contributed by atoms with Gasteiger partial charge in [-0.05, 0) is 36.1 Å². The maximum Gasteiger partial charge on any atom is 0.249 e. The molecular weight excluding hydrogens is 748 g/mol. The van der Waals surface area contributed by atoms with Crippen molar-refractivity contribution in [2.24, 2.45) is 0 Å². The molecule has 2 saturated heterocycles. The van der Waals surface area contributed by atoms with Crippen LogP contribution in [0.5, 0.6) is 5.75 Å². The Morgan fingerprint density at radius 2 is 1.70 bits per heavy atom. The molecule has 7 rings (SSSR count). The van der Waals surface area contributed by atoms with E-state index in [4.69, 9.17) is 15.9 Å². The van der Waals surface area contributed by atoms with E-state index in [2.05, 4.69) is 20.9 Å². The molecule has 3 aliphatic rings. The van der Waals surface area contributed by atoms with Crippen LogP contribution in [-0.2, 0) is 20.9 Å². The third-order valence-electron chi connectivity index (χ3n) is 10.5. The number of methoxy groups -OCH3 is 1. The average molecular weight is 789 g/mol. The van der Waals surface area contributed by atoms with Crippen LogP contribution < -0.4 is 30.9 Å². The normalized spacial score (nSPS) is 17.3. The molecule has 0 saturated carbocycles. The number of hydrogen-bond acceptors (Lipinski definition) is 11. The molecule has 14 nitrogen and oxygen atoms in total. The number of ether oxygens (including phenoxy) is 1. The molecule has 3 amide bonds. The summed E-state index contributed by atoms with van der Waals surface area (Å²) in [4.78, 5) is 41.8. The zero-order chi connectivity index (χ0) is 40.4. The Labute approximate surface area is 324 Å². The number of aryl methyl sites for hydroxylation is 1. The summed E-state index contributed by atoms with van der Waals surface area (Å²) in [6, 6.07) is 5.35. The van der Waals surface area contributed by atoms with Gasteiger partial charge in [0.15, 0.2) is 5.82 Å². The largest absolute Gasteiger partial charge is 0.495 e. The molecular formula is C39H40F4N10O4. The van der Waals surface area contributed by atoms with Crippen molar-refractivity contribution in [2.45, 2.75) is 38.3 Å². The maximum absolute atomic E-state index is 16.1. The Bertz CT molecular complexity index is 2260. The number of imide groups is 1. The minimum absolute atomic E-state index is 0.0159. The van der Waals surface area contributed by atoms with Gasteiger partial charge in [-0.3, -0.25) is 24.4 Å². The van der Waals surface area contributed by atoms with Crippen molar-refractivity contribution in [1.82, 2.24) is 25.2 Å². The molecule has 3 aromatic carbocycles. The van der Waals surface area contributed by atoms with Gasteiger partial charge < -0.3 is 35.9 Å². The molecule has 3 aliphatic heterocycles. The first-order valence-corrected chi connectivity index (χ1v) is 18.4. The van der Waals surface area contributed by atoms with Crippen molar-refractivity contribution in [2.75, 3.05) is 67.2 Å². The number of hydrogen-bond donors (Lipinski definition) is 4. The predicted octanol–water partition coefficient (Wildman–Crippen LogP) is 4.34. The van der Waals surface area contributed by atoms with E-state index in [1.807, 2.05) is 0 Å². The Kier molecular flexibility index (Phi) is 11.1. The van der Waals surface area contributed by atoms with Gasteiger partial charge in [0.05, 0.1) is 42.6 Å². The minimum Gasteiger partial charge on any atom is -0.495 e. The maximum atomic E-state index is 16.1. The number of carbonyl (C=O) groups is 3. The van der Waals surface area contributed by atoms with Gasteiger partial charge in [-0.25, -0.2) is 17.6 Å². The Morgan fingerprint density at radius 1 is 0.982 bits per heavy atom. The van der Waals surface area contributed by atoms with Crippen LogP contribution >= 0.6 is 0 Å². The zero-order valence-corrected chi connectivity index (χ0v) is 31.0. The molecule has 0 aliphatic carbocycles. The van der Waals surface area contributed by atoms with Gasteiger partial charge in [-0.1, -0.05) is 11.3 Å². The number of anilines is 4. The highest BCUT2D eigenvalue weighted by atomic mass is 19.1. The highest BCUT2D eigenvalue weighted by molar-refractivity contribution is 6.01. The topological polar surface area (TPSA) is 175 Å². The van der Waals surface area contributed by atoms with E-state index in [0.29, 0.717) is 25.1 Å². The van der Waals surface area contributed by atoms with Gasteiger partial charge in [-0.15, -0.1) is 5.10 Å². The molecule has 1 unspecified atom stereocenters. The van der Waals surface area contributed by atoms with E-state index in [1.165, 1.54) is 36.2 Å². The van der Waals surface area contributed by atoms with Crippen LogP contribution in [0.4, 0.5) is 40.3 Å². The second-order valence-electron chi connectivity index (χ2n) is 13.9. The van der Waals surface area contributed by atoms with Crippen LogP contribution in [0, 0.1) is 28.7 Å². The zero-order valence-electron chi connectivity index (χ0n) is 31.0. The number of piperidine rings is 1. The number of nitrogens with one attached hydrogen (secondary N) is 3. The van der Waals surface area contributed by atoms with E-state index in [-0.39, 0.29) is 109 Å². The van der Waals surface area contributed by atoms with Crippen LogP contribution in [0.15, 0.2) is 48.8 Å². The van der Waals surface area contributed by atoms with Crippen molar-refractivity contribution < 1.29 is 36.7 Å². The number of aromatic nitrogens is 3. The Morgan fingerprint density at radius 3 is 2.37 bits per heavy atom. The fourth-order valence-corrected chi connectivity index (χ4v) is 7.44. The fraction of sp³-hybridized carbons (Fsp3) is 0.333. The highest BCUT2D eigenvalue weighted by Gasteiger charge is 2.30. The molecule has 0 bridgehead atoms. The minimum atomic E-state index is -0.829. The van der Waals surface area contributed by atoms with E-state index >= 15 is 17.6 Å². The first kappa shape index (κ1) is 38.8. The summed E-state index contributed by atoms with van der Waals surface area (Å²) in [5, 5.41) is 20.8. The highest BCUT2D eigenvalue weighted by Crippen LogP contribution is 2.39. The summed E-state index contributed by atoms with van der Waals surface area (Å²) in [6.07, 6.45) is 6.70. The fourth-order valence-electron chi connectivity index (χ4n) is 7.44. The lowest BCUT2D eigenvalue weighted by Gasteiger charge is -2.38. The lowest BCUT2D eigenvalue weighted by Crippen LogP contribution is -2.47. The quantitative estimate of drug-likeness (QED) is 0.0741. The number of carbonyl (C=O) groups excluding carboxylic acids is 3. The van der Waals surface area contributed by atoms with Crippen LogP contribution in [0.25, 0.3) is 16.7 Å². The Balaban J connectivity index is 1.07. The summed E-state index contributed by atoms with van der Waals surface area (Å²) in [5.41, 5.74) is 6.34. The molecule has 5 N–H and O–H groups in total. The summed E-state index contributed by atoms with van der Waals surface area (Å²) in [7, 11) is 1.41. The molecule has 57 heavy (non-hydrogen) atoms. The van der Waals surface area contributed by atoms with Gasteiger partial charge in [-0.2, -0.15) is 0 Å². The lowest BCUT2D eigenvalue weighted by atomic mass is 9.91. The van der Waals surface area contributed by atoms with Crippen LogP contribution in [-0.4, -0.2) is 96.3 Å². The number of piperazine rings is 1. The average Bonchev–Trinajstić information content (AvgIpc) is 3.74. The summed E-state index contributed by atoms with van der Waals surface area (Å²) in [5.74, 6) is -3.79. The van der Waals surface area contributed by atoms with Crippen molar-refractivity contribution in [3.8, 4) is 16.9 Å². The van der Waals surface area contributed by atoms with Gasteiger partial charge in [0.1, 0.15) is 29.2 Å². The number of benzene rings is 3. The molecule has 0 radical (unpaired) electrons. The predicted molar refractivity (Wildman–Crippen MR) is 205 cm³/mol. The van der Waals surface area contributed by atoms with Gasteiger partial charge in [0.25, 0.3) is 0 Å². The van der Waals surface area contributed by atoms with Gasteiger partial charge >= 0.3 is 0 Å². The molecule has 18 heteroatoms. The van der Waals surface area contributed by atoms with Crippen molar-refractivity contribution in [3.63, 3.8) is 0 Å². The number of nitrogen functional groups attached to an aromatic ring is 1. The molecule has 0 spiro atoms. The van der Waals surface area contributed by atoms with Gasteiger partial charge in [0, 0.05) is 99.4 Å². The van der Waals surface area contributed by atoms with Gasteiger partial charge in [0.2, 0.25) is 17.7 Å². The second-order valence-corrected chi connectivity index (χ2v) is 13.9. The van der Waals surface area contributed by atoms with E-state index in [1.54, 1.807) is 27.0 Å². The van der Waals surface area contributed by atoms with Crippen LogP contribution in [0.2, 0.25) is 0 Å². The first-order chi connectivity index (χ1) is 27.4. The molecule has 1 atom stereocenters. The lowest BCUT2D eigenvalue weighted by molar-refractivity contribution is -0.134. The SMILES string of the molecule is COc1cc(N2CCN(c3cc(F)c(-c4cc(C5=CCCN(C(=O)CCn6ccnn6)C5)c(F)c(N)c4C=N)cc3F)CC2)c(F)cc1NC1CCC(=O)NC1=O. The monoisotopic (exact) mass is 788 g/mol. The molecule has 298 valence electrons. The number of nitrogens with zero attached hydrogens (tertiary/aromatic N) is 6. The van der Waals surface area contributed by atoms with Crippen LogP contribution in [0.1, 0.15) is 36.8 Å². The third-order valence-corrected chi connectivity index (χ3v) is 10.5. The summed E-state index contributed by atoms with van der Waals surface area (Å²) in [6.45, 7) is 1.69. The summed E-state index contributed by atoms with van der Waals surface area (Å²) >= 11 is 0. The number of halogens is 4. The van der Waals surface area contributed by atoms with E-state index in [0.717, 1.165) is 18.3 Å². The van der Waals surface area contributed by atoms with E-state index in [9.17, 15) is 14.4 Å². The standard InChI is InChI=1S/C39H40F4N10O4/c1-57-34-19-33(29(42)17-31(34)47-30-4-5-35(54)48-39(30)56)51-13-11-50(12-14-51)32-18-27(40)25(16-28(32)41)24-15-23(37(43)38(45)26(24)20-44)22-3-2-8-52(21-22)36(55)6-9-53-10-7-46-49-53/h3,7,10,15-20,30,44,47H,2,4-6,8-9,11-14,21,45H2,1H3,(H,48,54,56). The van der Waals surface area contributed by atoms with Crippen LogP contribution in [0.3, 0.4) is 0 Å². The van der Waals surface area contributed by atoms with Crippen molar-refractivity contribution in [1.29, 1.82) is 5.41 Å².